The summed E-state index contributed by atoms with van der Waals surface area (Å²) >= 11 is 0. The number of nitrogens with zero attached hydrogens (tertiary/aromatic N) is 1. The van der Waals surface area contributed by atoms with Gasteiger partial charge in [-0.2, -0.15) is 0 Å². The van der Waals surface area contributed by atoms with Crippen molar-refractivity contribution in [2.45, 2.75) is 6.04 Å². The van der Waals surface area contributed by atoms with Gasteiger partial charge in [-0.25, -0.2) is 4.79 Å². The fourth-order valence-electron chi connectivity index (χ4n) is 0.887. The fraction of sp³-hybridized carbons (Fsp3) is 0.667. The zero-order chi connectivity index (χ0) is 7.56. The summed E-state index contributed by atoms with van der Waals surface area (Å²) in [5.41, 5.74) is 0. The average Bonchev–Trinajstić information content (AvgIpc) is 1.84. The molecule has 1 N–H and O–H groups in total. The Kier molecular flexibility index (Phi) is 2.11. The largest absolute Gasteiger partial charge is 0.456 e. The lowest BCUT2D eigenvalue weighted by molar-refractivity contribution is 0.139. The van der Waals surface area contributed by atoms with E-state index in [9.17, 15) is 4.79 Å². The Morgan fingerprint density at radius 2 is 2.40 bits per heavy atom. The normalized spacial score (nSPS) is 19.8. The third kappa shape index (κ3) is 1.60. The molecular formula is C6H11N2O2-. The van der Waals surface area contributed by atoms with Crippen LogP contribution in [0.4, 0.5) is 4.79 Å². The third-order valence-corrected chi connectivity index (χ3v) is 1.46. The number of alkyl carbamates (subject to hydrolysis) is 1. The zero-order valence-electron chi connectivity index (χ0n) is 5.96. The lowest BCUT2D eigenvalue weighted by Crippen LogP contribution is -2.56. The maximum absolute atomic E-state index is 10.5. The maximum Gasteiger partial charge on any atom is 0.407 e. The lowest BCUT2D eigenvalue weighted by Gasteiger charge is -2.42. The molecule has 4 heteroatoms. The van der Waals surface area contributed by atoms with Gasteiger partial charge in [0.05, 0.1) is 13.2 Å². The van der Waals surface area contributed by atoms with Crippen LogP contribution in [0.1, 0.15) is 0 Å². The molecule has 0 aromatic carbocycles. The molecule has 58 valence electrons. The first kappa shape index (κ1) is 7.34. The summed E-state index contributed by atoms with van der Waals surface area (Å²) in [6, 6.07) is 0.227. The third-order valence-electron chi connectivity index (χ3n) is 1.46. The summed E-state index contributed by atoms with van der Waals surface area (Å²) in [6.07, 6.45) is -0.363. The van der Waals surface area contributed by atoms with Crippen molar-refractivity contribution in [1.82, 2.24) is 10.2 Å². The number of rotatable bonds is 1. The second kappa shape index (κ2) is 2.88. The monoisotopic (exact) mass is 143 g/mol. The molecule has 1 rings (SSSR count). The Morgan fingerprint density at radius 1 is 1.80 bits per heavy atom. The highest BCUT2D eigenvalue weighted by Gasteiger charge is 2.20. The molecule has 0 atom stereocenters. The summed E-state index contributed by atoms with van der Waals surface area (Å²) in [5.74, 6) is 0. The van der Waals surface area contributed by atoms with Crippen LogP contribution in [0.5, 0.6) is 0 Å². The van der Waals surface area contributed by atoms with E-state index < -0.39 is 0 Å². The molecule has 0 aromatic heterocycles. The summed E-state index contributed by atoms with van der Waals surface area (Å²) < 4.78 is 4.40. The Balaban J connectivity index is 2.10. The number of amides is 1. The second-order valence-electron chi connectivity index (χ2n) is 2.37. The van der Waals surface area contributed by atoms with Gasteiger partial charge in [0.25, 0.3) is 0 Å². The van der Waals surface area contributed by atoms with Crippen molar-refractivity contribution in [2.24, 2.45) is 0 Å². The maximum atomic E-state index is 10.5. The quantitative estimate of drug-likeness (QED) is 0.518. The minimum Gasteiger partial charge on any atom is -0.456 e. The van der Waals surface area contributed by atoms with Crippen LogP contribution in [0.25, 0.3) is 0 Å². The molecule has 0 aromatic rings. The summed E-state index contributed by atoms with van der Waals surface area (Å²) in [7, 11) is 5.03. The zero-order valence-corrected chi connectivity index (χ0v) is 5.96. The highest BCUT2D eigenvalue weighted by molar-refractivity contribution is 5.67. The van der Waals surface area contributed by atoms with Crippen LogP contribution in [-0.4, -0.2) is 37.2 Å². The van der Waals surface area contributed by atoms with Crippen LogP contribution in [-0.2, 0) is 4.74 Å². The number of likely N-dealkylation sites (tertiary alicyclic amines) is 1. The number of methoxy groups -OCH3 is 1. The molecule has 1 amide bonds. The van der Waals surface area contributed by atoms with E-state index in [0.717, 1.165) is 13.1 Å². The number of hydrogen-bond acceptors (Lipinski definition) is 3. The van der Waals surface area contributed by atoms with Crippen LogP contribution in [0.3, 0.4) is 0 Å². The van der Waals surface area contributed by atoms with Gasteiger partial charge in [0.1, 0.15) is 0 Å². The molecule has 4 nitrogen and oxygen atoms in total. The van der Waals surface area contributed by atoms with E-state index in [1.165, 1.54) is 7.11 Å². The molecule has 1 aliphatic heterocycles. The Bertz CT molecular complexity index is 132. The summed E-state index contributed by atoms with van der Waals surface area (Å²) in [6.45, 7) is 1.63. The number of hydrogen-bond donors (Lipinski definition) is 1. The topological polar surface area (TPSA) is 41.6 Å². The van der Waals surface area contributed by atoms with Crippen LogP contribution in [0, 0.1) is 7.05 Å². The summed E-state index contributed by atoms with van der Waals surface area (Å²) in [5, 5.41) is 2.65. The van der Waals surface area contributed by atoms with E-state index in [1.807, 2.05) is 4.90 Å². The van der Waals surface area contributed by atoms with Crippen LogP contribution in [0.2, 0.25) is 0 Å². The standard InChI is InChI=1S/C6H11N2O2/c1-8-3-5(4-8)7-6(9)10-2/h5H,1,3-4H2,2H3,(H,7,9)/q-1. The van der Waals surface area contributed by atoms with Crippen LogP contribution < -0.4 is 5.32 Å². The molecule has 0 spiro atoms. The summed E-state index contributed by atoms with van der Waals surface area (Å²) in [4.78, 5) is 12.4. The van der Waals surface area contributed by atoms with Gasteiger partial charge in [-0.05, 0) is 13.1 Å². The number of ether oxygens (including phenoxy) is 1. The highest BCUT2D eigenvalue weighted by atomic mass is 16.5. The van der Waals surface area contributed by atoms with Crippen molar-refractivity contribution in [3.05, 3.63) is 7.05 Å². The molecule has 1 saturated heterocycles. The van der Waals surface area contributed by atoms with Gasteiger partial charge in [-0.15, -0.1) is 0 Å². The van der Waals surface area contributed by atoms with Gasteiger partial charge in [-0.1, -0.05) is 0 Å². The molecule has 1 heterocycles. The average molecular weight is 143 g/mol. The Morgan fingerprint density at radius 3 is 2.80 bits per heavy atom. The minimum atomic E-state index is -0.363. The Labute approximate surface area is 60.1 Å². The highest BCUT2D eigenvalue weighted by Crippen LogP contribution is 2.04. The first-order chi connectivity index (χ1) is 4.72. The molecule has 1 fully saturated rings. The number of carbonyl (C=O) groups is 1. The van der Waals surface area contributed by atoms with Crippen molar-refractivity contribution >= 4 is 6.09 Å². The van der Waals surface area contributed by atoms with Gasteiger partial charge < -0.3 is 15.0 Å². The Hall–Kier alpha value is -0.770. The predicted molar refractivity (Wildman–Crippen MR) is 36.3 cm³/mol. The molecule has 0 aliphatic carbocycles. The van der Waals surface area contributed by atoms with E-state index in [2.05, 4.69) is 17.1 Å². The van der Waals surface area contributed by atoms with E-state index in [-0.39, 0.29) is 12.1 Å². The fourth-order valence-corrected chi connectivity index (χ4v) is 0.887. The van der Waals surface area contributed by atoms with E-state index in [1.54, 1.807) is 0 Å². The minimum absolute atomic E-state index is 0.227. The van der Waals surface area contributed by atoms with Gasteiger partial charge in [0, 0.05) is 0 Å². The predicted octanol–water partition coefficient (Wildman–Crippen LogP) is -0.182. The molecule has 1 aliphatic rings. The van der Waals surface area contributed by atoms with E-state index >= 15 is 0 Å². The molecular weight excluding hydrogens is 132 g/mol. The number of carbonyl (C=O) groups excluding carboxylic acids is 1. The van der Waals surface area contributed by atoms with Crippen molar-refractivity contribution in [3.8, 4) is 0 Å². The second-order valence-corrected chi connectivity index (χ2v) is 2.37. The SMILES string of the molecule is [CH2-]N1CC(NC(=O)OC)C1. The first-order valence-electron chi connectivity index (χ1n) is 3.12. The van der Waals surface area contributed by atoms with Crippen molar-refractivity contribution in [3.63, 3.8) is 0 Å². The molecule has 0 unspecified atom stereocenters. The smallest absolute Gasteiger partial charge is 0.407 e. The molecule has 10 heavy (non-hydrogen) atoms. The van der Waals surface area contributed by atoms with Crippen molar-refractivity contribution < 1.29 is 9.53 Å². The van der Waals surface area contributed by atoms with Gasteiger partial charge in [0.2, 0.25) is 0 Å². The molecule has 0 bridgehead atoms. The lowest BCUT2D eigenvalue weighted by atomic mass is 10.1. The van der Waals surface area contributed by atoms with E-state index in [0.29, 0.717) is 0 Å². The van der Waals surface area contributed by atoms with Gasteiger partial charge in [0.15, 0.2) is 0 Å². The molecule has 0 radical (unpaired) electrons. The van der Waals surface area contributed by atoms with Crippen molar-refractivity contribution in [1.29, 1.82) is 0 Å². The van der Waals surface area contributed by atoms with E-state index in [4.69, 9.17) is 0 Å². The molecule has 0 saturated carbocycles. The van der Waals surface area contributed by atoms with Crippen LogP contribution >= 0.6 is 0 Å². The van der Waals surface area contributed by atoms with Gasteiger partial charge >= 0.3 is 6.09 Å². The first-order valence-corrected chi connectivity index (χ1v) is 3.12. The van der Waals surface area contributed by atoms with Gasteiger partial charge in [-0.3, -0.25) is 7.05 Å². The van der Waals surface area contributed by atoms with Crippen LogP contribution in [0.15, 0.2) is 0 Å². The number of nitrogens with one attached hydrogen (secondary N) is 1. The van der Waals surface area contributed by atoms with Crippen molar-refractivity contribution in [2.75, 3.05) is 20.2 Å².